The van der Waals surface area contributed by atoms with Crippen LogP contribution in [-0.4, -0.2) is 54.7 Å². The molecule has 0 aliphatic carbocycles. The van der Waals surface area contributed by atoms with Gasteiger partial charge in [-0.3, -0.25) is 9.59 Å². The summed E-state index contributed by atoms with van der Waals surface area (Å²) >= 11 is 0. The van der Waals surface area contributed by atoms with Crippen molar-refractivity contribution in [3.8, 4) is 0 Å². The fourth-order valence-electron chi connectivity index (χ4n) is 1.58. The van der Waals surface area contributed by atoms with Gasteiger partial charge in [0, 0.05) is 13.1 Å². The first-order valence-corrected chi connectivity index (χ1v) is 6.74. The van der Waals surface area contributed by atoms with E-state index >= 15 is 0 Å². The monoisotopic (exact) mass is 288 g/mol. The van der Waals surface area contributed by atoms with Crippen LogP contribution in [0.2, 0.25) is 0 Å². The normalized spacial score (nSPS) is 11.6. The quantitative estimate of drug-likeness (QED) is 0.489. The summed E-state index contributed by atoms with van der Waals surface area (Å²) in [5, 5.41) is 11.4. The van der Waals surface area contributed by atoms with E-state index in [0.29, 0.717) is 25.9 Å². The Hall–Kier alpha value is -1.79. The van der Waals surface area contributed by atoms with Crippen molar-refractivity contribution >= 4 is 18.0 Å². The van der Waals surface area contributed by atoms with Crippen LogP contribution in [0.5, 0.6) is 0 Å². The van der Waals surface area contributed by atoms with Crippen LogP contribution >= 0.6 is 0 Å². The Morgan fingerprint density at radius 3 is 2.50 bits per heavy atom. The van der Waals surface area contributed by atoms with Crippen LogP contribution < -0.4 is 5.32 Å². The van der Waals surface area contributed by atoms with E-state index in [0.717, 1.165) is 6.42 Å². The maximum Gasteiger partial charge on any atom is 0.325 e. The molecule has 1 unspecified atom stereocenters. The van der Waals surface area contributed by atoms with Gasteiger partial charge in [0.1, 0.15) is 6.54 Å². The number of esters is 1. The van der Waals surface area contributed by atoms with Gasteiger partial charge in [-0.15, -0.1) is 0 Å². The van der Waals surface area contributed by atoms with Gasteiger partial charge >= 0.3 is 18.0 Å². The predicted molar refractivity (Wildman–Crippen MR) is 73.3 cm³/mol. The molecule has 116 valence electrons. The lowest BCUT2D eigenvalue weighted by Crippen LogP contribution is -2.43. The van der Waals surface area contributed by atoms with E-state index < -0.39 is 17.9 Å². The summed E-state index contributed by atoms with van der Waals surface area (Å²) in [7, 11) is 1.28. The van der Waals surface area contributed by atoms with Crippen LogP contribution in [0.4, 0.5) is 4.79 Å². The lowest BCUT2D eigenvalue weighted by atomic mass is 10.1. The summed E-state index contributed by atoms with van der Waals surface area (Å²) in [5.74, 6) is -1.73. The Balaban J connectivity index is 4.07. The Labute approximate surface area is 119 Å². The number of rotatable bonds is 9. The third-order valence-electron chi connectivity index (χ3n) is 2.84. The number of carbonyl (C=O) groups excluding carboxylic acids is 2. The fraction of sp³-hybridized carbons (Fsp3) is 0.769. The molecule has 2 N–H and O–H groups in total. The SMILES string of the molecule is CCCN(CC(=O)OC)C(=O)NCCCC(C)C(=O)O. The summed E-state index contributed by atoms with van der Waals surface area (Å²) in [5.41, 5.74) is 0. The number of hydrogen-bond donors (Lipinski definition) is 2. The molecule has 0 radical (unpaired) electrons. The topological polar surface area (TPSA) is 95.9 Å². The van der Waals surface area contributed by atoms with Crippen molar-refractivity contribution in [3.63, 3.8) is 0 Å². The second kappa shape index (κ2) is 10.1. The Kier molecular flexibility index (Phi) is 9.15. The first-order valence-electron chi connectivity index (χ1n) is 6.74. The number of carbonyl (C=O) groups is 3. The van der Waals surface area contributed by atoms with Gasteiger partial charge in [0.25, 0.3) is 0 Å². The molecule has 0 fully saturated rings. The highest BCUT2D eigenvalue weighted by atomic mass is 16.5. The molecule has 0 saturated heterocycles. The molecular formula is C13H24N2O5. The van der Waals surface area contributed by atoms with E-state index in [-0.39, 0.29) is 12.6 Å². The zero-order valence-electron chi connectivity index (χ0n) is 12.3. The second-order valence-electron chi connectivity index (χ2n) is 4.61. The van der Waals surface area contributed by atoms with Gasteiger partial charge in [0.15, 0.2) is 0 Å². The van der Waals surface area contributed by atoms with Gasteiger partial charge in [0.05, 0.1) is 13.0 Å². The largest absolute Gasteiger partial charge is 0.481 e. The number of carboxylic acid groups (broad SMARTS) is 1. The van der Waals surface area contributed by atoms with Crippen molar-refractivity contribution in [2.24, 2.45) is 5.92 Å². The number of amides is 2. The maximum absolute atomic E-state index is 11.9. The predicted octanol–water partition coefficient (Wildman–Crippen LogP) is 1.08. The lowest BCUT2D eigenvalue weighted by molar-refractivity contribution is -0.142. The summed E-state index contributed by atoms with van der Waals surface area (Å²) in [4.78, 5) is 35.0. The molecule has 7 heteroatoms. The number of ether oxygens (including phenoxy) is 1. The molecule has 7 nitrogen and oxygen atoms in total. The van der Waals surface area contributed by atoms with Crippen molar-refractivity contribution in [1.29, 1.82) is 0 Å². The van der Waals surface area contributed by atoms with Crippen molar-refractivity contribution in [2.45, 2.75) is 33.1 Å². The number of carboxylic acids is 1. The standard InChI is InChI=1S/C13H24N2O5/c1-4-8-15(9-11(16)20-3)13(19)14-7-5-6-10(2)12(17)18/h10H,4-9H2,1-3H3,(H,14,19)(H,17,18). The Morgan fingerprint density at radius 1 is 1.35 bits per heavy atom. The smallest absolute Gasteiger partial charge is 0.325 e. The van der Waals surface area contributed by atoms with Gasteiger partial charge in [-0.2, -0.15) is 0 Å². The van der Waals surface area contributed by atoms with Crippen molar-refractivity contribution < 1.29 is 24.2 Å². The maximum atomic E-state index is 11.9. The number of hydrogen-bond acceptors (Lipinski definition) is 4. The molecule has 0 aromatic rings. The lowest BCUT2D eigenvalue weighted by Gasteiger charge is -2.21. The average molecular weight is 288 g/mol. The van der Waals surface area contributed by atoms with Crippen molar-refractivity contribution in [1.82, 2.24) is 10.2 Å². The van der Waals surface area contributed by atoms with Crippen LogP contribution in [0, 0.1) is 5.92 Å². The van der Waals surface area contributed by atoms with E-state index in [2.05, 4.69) is 10.1 Å². The van der Waals surface area contributed by atoms with Gasteiger partial charge in [-0.1, -0.05) is 13.8 Å². The van der Waals surface area contributed by atoms with Crippen LogP contribution in [0.25, 0.3) is 0 Å². The highest BCUT2D eigenvalue weighted by molar-refractivity contribution is 5.80. The van der Waals surface area contributed by atoms with Gasteiger partial charge in [0.2, 0.25) is 0 Å². The van der Waals surface area contributed by atoms with E-state index in [1.54, 1.807) is 6.92 Å². The number of methoxy groups -OCH3 is 1. The minimum Gasteiger partial charge on any atom is -0.481 e. The third kappa shape index (κ3) is 7.60. The molecule has 1 atom stereocenters. The molecule has 0 heterocycles. The zero-order chi connectivity index (χ0) is 15.5. The van der Waals surface area contributed by atoms with Gasteiger partial charge in [-0.25, -0.2) is 4.79 Å². The molecule has 0 bridgehead atoms. The van der Waals surface area contributed by atoms with E-state index in [1.165, 1.54) is 12.0 Å². The van der Waals surface area contributed by atoms with Crippen molar-refractivity contribution in [2.75, 3.05) is 26.7 Å². The molecule has 0 aromatic carbocycles. The van der Waals surface area contributed by atoms with Crippen LogP contribution in [0.3, 0.4) is 0 Å². The summed E-state index contributed by atoms with van der Waals surface area (Å²) in [6.07, 6.45) is 1.82. The minimum atomic E-state index is -0.838. The summed E-state index contributed by atoms with van der Waals surface area (Å²) in [6.45, 7) is 4.31. The third-order valence-corrected chi connectivity index (χ3v) is 2.84. The first kappa shape index (κ1) is 18.2. The zero-order valence-corrected chi connectivity index (χ0v) is 12.3. The molecule has 2 amide bonds. The molecule has 20 heavy (non-hydrogen) atoms. The first-order chi connectivity index (χ1) is 9.42. The molecule has 0 aliphatic rings. The second-order valence-corrected chi connectivity index (χ2v) is 4.61. The van der Waals surface area contributed by atoms with Crippen LogP contribution in [-0.2, 0) is 14.3 Å². The van der Waals surface area contributed by atoms with Crippen molar-refractivity contribution in [3.05, 3.63) is 0 Å². The highest BCUT2D eigenvalue weighted by Gasteiger charge is 2.16. The van der Waals surface area contributed by atoms with Crippen LogP contribution in [0.1, 0.15) is 33.1 Å². The number of aliphatic carboxylic acids is 1. The molecule has 0 spiro atoms. The number of urea groups is 1. The van der Waals surface area contributed by atoms with Gasteiger partial charge < -0.3 is 20.1 Å². The number of nitrogens with zero attached hydrogens (tertiary/aromatic N) is 1. The molecular weight excluding hydrogens is 264 g/mol. The fourth-order valence-corrected chi connectivity index (χ4v) is 1.58. The highest BCUT2D eigenvalue weighted by Crippen LogP contribution is 2.04. The molecule has 0 rings (SSSR count). The molecule has 0 aliphatic heterocycles. The van der Waals surface area contributed by atoms with E-state index in [4.69, 9.17) is 5.11 Å². The van der Waals surface area contributed by atoms with Crippen LogP contribution in [0.15, 0.2) is 0 Å². The average Bonchev–Trinajstić information content (AvgIpc) is 2.42. The minimum absolute atomic E-state index is 0.0816. The number of nitrogens with one attached hydrogen (secondary N) is 1. The van der Waals surface area contributed by atoms with E-state index in [1.807, 2.05) is 6.92 Å². The Morgan fingerprint density at radius 2 is 2.00 bits per heavy atom. The molecule has 0 saturated carbocycles. The van der Waals surface area contributed by atoms with E-state index in [9.17, 15) is 14.4 Å². The summed E-state index contributed by atoms with van der Waals surface area (Å²) < 4.78 is 4.53. The Bertz CT molecular complexity index is 333. The summed E-state index contributed by atoms with van der Waals surface area (Å²) in [6, 6.07) is -0.333. The molecule has 0 aromatic heterocycles. The van der Waals surface area contributed by atoms with Gasteiger partial charge in [-0.05, 0) is 19.3 Å².